The molecule has 1 aromatic heterocycles. The number of H-pyrrole nitrogens is 1. The number of carbonyl (C=O) groups is 1. The molecule has 3 rings (SSSR count). The molecule has 0 atom stereocenters. The summed E-state index contributed by atoms with van der Waals surface area (Å²) >= 11 is 5.14. The van der Waals surface area contributed by atoms with Gasteiger partial charge in [0.05, 0.1) is 5.56 Å². The third-order valence-electron chi connectivity index (χ3n) is 2.91. The van der Waals surface area contributed by atoms with Gasteiger partial charge >= 0.3 is 0 Å². The van der Waals surface area contributed by atoms with E-state index in [9.17, 15) is 4.79 Å². The number of aromatic amines is 1. The zero-order valence-corrected chi connectivity index (χ0v) is 10.0. The van der Waals surface area contributed by atoms with Crippen molar-refractivity contribution >= 4 is 29.0 Å². The lowest BCUT2D eigenvalue weighted by Crippen LogP contribution is -2.25. The number of fused-ring (bicyclic) bond motifs is 1. The summed E-state index contributed by atoms with van der Waals surface area (Å²) < 4.78 is 0.588. The smallest absolute Gasteiger partial charge is 0.252 e. The fourth-order valence-corrected chi connectivity index (χ4v) is 2.11. The number of para-hydroxylation sites is 1. The van der Waals surface area contributed by atoms with Crippen LogP contribution in [0.15, 0.2) is 30.3 Å². The van der Waals surface area contributed by atoms with Crippen molar-refractivity contribution in [3.63, 3.8) is 0 Å². The molecule has 0 bridgehead atoms. The molecule has 3 nitrogen and oxygen atoms in total. The fraction of sp³-hybridized carbons (Fsp3) is 0.231. The third-order valence-corrected chi connectivity index (χ3v) is 3.13. The summed E-state index contributed by atoms with van der Waals surface area (Å²) in [7, 11) is 0. The molecule has 0 radical (unpaired) electrons. The number of benzene rings is 1. The van der Waals surface area contributed by atoms with Crippen molar-refractivity contribution in [1.29, 1.82) is 0 Å². The monoisotopic (exact) mass is 244 g/mol. The highest BCUT2D eigenvalue weighted by Gasteiger charge is 2.24. The van der Waals surface area contributed by atoms with E-state index in [0.29, 0.717) is 16.2 Å². The average Bonchev–Trinajstić information content (AvgIpc) is 3.11. The first-order valence-corrected chi connectivity index (χ1v) is 6.08. The van der Waals surface area contributed by atoms with Crippen LogP contribution in [0, 0.1) is 4.64 Å². The molecular formula is C13H12N2OS. The van der Waals surface area contributed by atoms with Crippen LogP contribution in [0.1, 0.15) is 23.2 Å². The Labute approximate surface area is 104 Å². The number of aromatic nitrogens is 1. The molecule has 2 aromatic rings. The van der Waals surface area contributed by atoms with Gasteiger partial charge in [-0.25, -0.2) is 0 Å². The van der Waals surface area contributed by atoms with Crippen LogP contribution < -0.4 is 5.32 Å². The Morgan fingerprint density at radius 2 is 2.12 bits per heavy atom. The van der Waals surface area contributed by atoms with Gasteiger partial charge in [0.2, 0.25) is 0 Å². The minimum absolute atomic E-state index is 0.0243. The normalized spacial score (nSPS) is 14.8. The van der Waals surface area contributed by atoms with Crippen molar-refractivity contribution in [2.75, 3.05) is 0 Å². The van der Waals surface area contributed by atoms with Crippen molar-refractivity contribution in [3.8, 4) is 0 Å². The Morgan fingerprint density at radius 1 is 1.35 bits per heavy atom. The lowest BCUT2D eigenvalue weighted by Gasteiger charge is -2.07. The first-order valence-electron chi connectivity index (χ1n) is 5.67. The highest BCUT2D eigenvalue weighted by molar-refractivity contribution is 7.71. The molecule has 0 aliphatic heterocycles. The lowest BCUT2D eigenvalue weighted by atomic mass is 10.1. The van der Waals surface area contributed by atoms with Gasteiger partial charge in [-0.1, -0.05) is 30.4 Å². The predicted octanol–water partition coefficient (Wildman–Crippen LogP) is 2.79. The largest absolute Gasteiger partial charge is 0.349 e. The van der Waals surface area contributed by atoms with E-state index >= 15 is 0 Å². The first kappa shape index (κ1) is 10.5. The first-order chi connectivity index (χ1) is 8.24. The molecule has 0 spiro atoms. The van der Waals surface area contributed by atoms with Crippen LogP contribution in [-0.4, -0.2) is 16.9 Å². The third kappa shape index (κ3) is 2.08. The second kappa shape index (κ2) is 3.96. The van der Waals surface area contributed by atoms with E-state index in [1.54, 1.807) is 6.07 Å². The second-order valence-electron chi connectivity index (χ2n) is 4.34. The maximum absolute atomic E-state index is 12.1. The lowest BCUT2D eigenvalue weighted by molar-refractivity contribution is 0.0952. The predicted molar refractivity (Wildman–Crippen MR) is 69.6 cm³/mol. The van der Waals surface area contributed by atoms with Crippen LogP contribution in [0.4, 0.5) is 0 Å². The molecule has 2 N–H and O–H groups in total. The van der Waals surface area contributed by atoms with Crippen molar-refractivity contribution in [2.45, 2.75) is 18.9 Å². The van der Waals surface area contributed by atoms with Crippen LogP contribution in [-0.2, 0) is 0 Å². The molecule has 4 heteroatoms. The summed E-state index contributed by atoms with van der Waals surface area (Å²) in [5.74, 6) is -0.0243. The molecule has 0 unspecified atom stereocenters. The second-order valence-corrected chi connectivity index (χ2v) is 4.78. The van der Waals surface area contributed by atoms with Crippen LogP contribution in [0.3, 0.4) is 0 Å². The summed E-state index contributed by atoms with van der Waals surface area (Å²) in [5, 5.41) is 3.91. The van der Waals surface area contributed by atoms with Crippen molar-refractivity contribution in [3.05, 3.63) is 40.5 Å². The summed E-state index contributed by atoms with van der Waals surface area (Å²) in [4.78, 5) is 15.2. The van der Waals surface area contributed by atoms with E-state index in [1.807, 2.05) is 24.3 Å². The van der Waals surface area contributed by atoms with Crippen LogP contribution in [0.2, 0.25) is 0 Å². The van der Waals surface area contributed by atoms with E-state index in [1.165, 1.54) is 0 Å². The SMILES string of the molecule is O=C(NC1CC1)c1cc(=S)[nH]c2ccccc12. The summed E-state index contributed by atoms with van der Waals surface area (Å²) in [6, 6.07) is 9.80. The van der Waals surface area contributed by atoms with Gasteiger partial charge < -0.3 is 10.3 Å². The molecule has 86 valence electrons. The Balaban J connectivity index is 2.12. The summed E-state index contributed by atoms with van der Waals surface area (Å²) in [6.07, 6.45) is 2.17. The van der Waals surface area contributed by atoms with E-state index in [2.05, 4.69) is 10.3 Å². The Hall–Kier alpha value is -1.68. The number of nitrogens with one attached hydrogen (secondary N) is 2. The number of hydrogen-bond donors (Lipinski definition) is 2. The molecular weight excluding hydrogens is 232 g/mol. The van der Waals surface area contributed by atoms with Gasteiger partial charge in [0, 0.05) is 16.9 Å². The maximum Gasteiger partial charge on any atom is 0.252 e. The van der Waals surface area contributed by atoms with E-state index < -0.39 is 0 Å². The number of rotatable bonds is 2. The molecule has 17 heavy (non-hydrogen) atoms. The standard InChI is InChI=1S/C13H12N2OS/c16-13(14-8-5-6-8)10-7-12(17)15-11-4-2-1-3-9(10)11/h1-4,7-8H,5-6H2,(H,14,16)(H,15,17). The fourth-order valence-electron chi connectivity index (χ4n) is 1.88. The minimum Gasteiger partial charge on any atom is -0.349 e. The molecule has 1 saturated carbocycles. The zero-order valence-electron chi connectivity index (χ0n) is 9.19. The highest BCUT2D eigenvalue weighted by atomic mass is 32.1. The molecule has 1 aromatic carbocycles. The van der Waals surface area contributed by atoms with Gasteiger partial charge in [-0.2, -0.15) is 0 Å². The molecule has 1 fully saturated rings. The number of hydrogen-bond acceptors (Lipinski definition) is 2. The van der Waals surface area contributed by atoms with Gasteiger partial charge in [-0.3, -0.25) is 4.79 Å². The topological polar surface area (TPSA) is 44.9 Å². The summed E-state index contributed by atoms with van der Waals surface area (Å²) in [5.41, 5.74) is 1.57. The van der Waals surface area contributed by atoms with Crippen molar-refractivity contribution in [2.24, 2.45) is 0 Å². The van der Waals surface area contributed by atoms with E-state index in [4.69, 9.17) is 12.2 Å². The van der Waals surface area contributed by atoms with Crippen molar-refractivity contribution < 1.29 is 4.79 Å². The number of amides is 1. The Kier molecular flexibility index (Phi) is 2.44. The molecule has 1 aliphatic rings. The van der Waals surface area contributed by atoms with Gasteiger partial charge in [0.1, 0.15) is 4.64 Å². The minimum atomic E-state index is -0.0243. The molecule has 1 aliphatic carbocycles. The number of pyridine rings is 1. The highest BCUT2D eigenvalue weighted by Crippen LogP contribution is 2.21. The van der Waals surface area contributed by atoms with Gasteiger partial charge in [0.25, 0.3) is 5.91 Å². The van der Waals surface area contributed by atoms with Crippen LogP contribution in [0.25, 0.3) is 10.9 Å². The van der Waals surface area contributed by atoms with E-state index in [0.717, 1.165) is 23.7 Å². The molecule has 0 saturated heterocycles. The Morgan fingerprint density at radius 3 is 2.88 bits per heavy atom. The molecule has 1 amide bonds. The number of carbonyl (C=O) groups excluding carboxylic acids is 1. The quantitative estimate of drug-likeness (QED) is 0.798. The zero-order chi connectivity index (χ0) is 11.8. The summed E-state index contributed by atoms with van der Waals surface area (Å²) in [6.45, 7) is 0. The Bertz CT molecular complexity index is 643. The van der Waals surface area contributed by atoms with Crippen molar-refractivity contribution in [1.82, 2.24) is 10.3 Å². The maximum atomic E-state index is 12.1. The van der Waals surface area contributed by atoms with Crippen LogP contribution in [0.5, 0.6) is 0 Å². The van der Waals surface area contributed by atoms with Gasteiger partial charge in [-0.15, -0.1) is 0 Å². The average molecular weight is 244 g/mol. The molecule has 1 heterocycles. The van der Waals surface area contributed by atoms with Crippen LogP contribution >= 0.6 is 12.2 Å². The van der Waals surface area contributed by atoms with Gasteiger partial charge in [0.15, 0.2) is 0 Å². The van der Waals surface area contributed by atoms with E-state index in [-0.39, 0.29) is 5.91 Å². The van der Waals surface area contributed by atoms with Gasteiger partial charge in [-0.05, 0) is 25.0 Å².